The van der Waals surface area contributed by atoms with Crippen molar-refractivity contribution in [3.63, 3.8) is 0 Å². The van der Waals surface area contributed by atoms with E-state index in [0.717, 1.165) is 37.9 Å². The van der Waals surface area contributed by atoms with Crippen molar-refractivity contribution in [2.45, 2.75) is 0 Å². The molecular weight excluding hydrogens is 396 g/mol. The highest BCUT2D eigenvalue weighted by atomic mass is 79.9. The molecule has 4 aromatic rings. The fourth-order valence-corrected chi connectivity index (χ4v) is 3.34. The van der Waals surface area contributed by atoms with Crippen LogP contribution in [0.5, 0.6) is 5.75 Å². The van der Waals surface area contributed by atoms with E-state index in [2.05, 4.69) is 41.6 Å². The van der Waals surface area contributed by atoms with Gasteiger partial charge in [0.15, 0.2) is 5.65 Å². The Bertz CT molecular complexity index is 1140. The third kappa shape index (κ3) is 2.88. The monoisotopic (exact) mass is 410 g/mol. The van der Waals surface area contributed by atoms with Crippen molar-refractivity contribution in [3.8, 4) is 5.75 Å². The van der Waals surface area contributed by atoms with E-state index >= 15 is 0 Å². The lowest BCUT2D eigenvalue weighted by Crippen LogP contribution is -2.00. The summed E-state index contributed by atoms with van der Waals surface area (Å²) < 4.78 is 8.07. The maximum absolute atomic E-state index is 5.21. The van der Waals surface area contributed by atoms with Gasteiger partial charge >= 0.3 is 0 Å². The summed E-state index contributed by atoms with van der Waals surface area (Å²) in [6.07, 6.45) is 1.68. The highest BCUT2D eigenvalue weighted by molar-refractivity contribution is 9.10. The molecule has 0 atom stereocenters. The molecule has 1 N–H and O–H groups in total. The highest BCUT2D eigenvalue weighted by Crippen LogP contribution is 2.26. The minimum absolute atomic E-state index is 0.340. The lowest BCUT2D eigenvalue weighted by molar-refractivity contribution is 0.412. The number of benzene rings is 2. The van der Waals surface area contributed by atoms with E-state index in [0.29, 0.717) is 5.95 Å². The number of ether oxygens (including phenoxy) is 1. The molecule has 0 aliphatic heterocycles. The van der Waals surface area contributed by atoms with E-state index < -0.39 is 0 Å². The fourth-order valence-electron chi connectivity index (χ4n) is 2.78. The first-order chi connectivity index (χ1) is 12.7. The summed E-state index contributed by atoms with van der Waals surface area (Å²) in [5, 5.41) is 13.6. The van der Waals surface area contributed by atoms with Crippen LogP contribution in [0.4, 0.5) is 5.95 Å². The second-order valence-electron chi connectivity index (χ2n) is 5.65. The number of halogens is 1. The smallest absolute Gasteiger partial charge is 0.265 e. The number of fused-ring (bicyclic) bond motifs is 3. The summed E-state index contributed by atoms with van der Waals surface area (Å²) in [6.45, 7) is 0. The van der Waals surface area contributed by atoms with Crippen LogP contribution in [0.1, 0.15) is 5.56 Å². The van der Waals surface area contributed by atoms with Crippen LogP contribution >= 0.6 is 15.9 Å². The zero-order valence-electron chi connectivity index (χ0n) is 14.1. The van der Waals surface area contributed by atoms with Gasteiger partial charge in [0, 0.05) is 12.4 Å². The minimum atomic E-state index is 0.340. The summed E-state index contributed by atoms with van der Waals surface area (Å²) in [4.78, 5) is 4.52. The van der Waals surface area contributed by atoms with Gasteiger partial charge in [0.1, 0.15) is 11.3 Å². The first-order valence-corrected chi connectivity index (χ1v) is 8.67. The van der Waals surface area contributed by atoms with Gasteiger partial charge in [-0.15, -0.1) is 10.2 Å². The lowest BCUT2D eigenvalue weighted by Gasteiger charge is -2.03. The summed E-state index contributed by atoms with van der Waals surface area (Å²) in [5.74, 6) is 1.11. The van der Waals surface area contributed by atoms with Gasteiger partial charge in [-0.3, -0.25) is 0 Å². The molecule has 7 nitrogen and oxygen atoms in total. The molecule has 0 fully saturated rings. The number of nitrogens with zero attached hydrogens (tertiary/aromatic N) is 5. The van der Waals surface area contributed by atoms with Crippen LogP contribution in [-0.2, 0) is 7.05 Å². The van der Waals surface area contributed by atoms with E-state index in [1.165, 1.54) is 0 Å². The second kappa shape index (κ2) is 6.72. The number of hydrogen-bond acceptors (Lipinski definition) is 6. The molecule has 2 aromatic heterocycles. The van der Waals surface area contributed by atoms with Gasteiger partial charge in [0.2, 0.25) is 0 Å². The SMILES string of the molecule is COc1ccc(/C=N/Nc2nnc3c4ccccc4n(C)c3n2)cc1Br. The van der Waals surface area contributed by atoms with E-state index in [4.69, 9.17) is 4.74 Å². The van der Waals surface area contributed by atoms with Gasteiger partial charge in [0.05, 0.1) is 23.3 Å². The maximum Gasteiger partial charge on any atom is 0.265 e. The molecule has 26 heavy (non-hydrogen) atoms. The number of aryl methyl sites for hydroxylation is 1. The number of rotatable bonds is 4. The van der Waals surface area contributed by atoms with Crippen molar-refractivity contribution in [1.82, 2.24) is 19.7 Å². The van der Waals surface area contributed by atoms with Gasteiger partial charge in [-0.25, -0.2) is 5.43 Å². The van der Waals surface area contributed by atoms with E-state index in [9.17, 15) is 0 Å². The summed E-state index contributed by atoms with van der Waals surface area (Å²) in [7, 11) is 3.59. The summed E-state index contributed by atoms with van der Waals surface area (Å²) in [5.41, 5.74) is 6.33. The Labute approximate surface area is 157 Å². The van der Waals surface area contributed by atoms with Crippen molar-refractivity contribution in [2.75, 3.05) is 12.5 Å². The first-order valence-electron chi connectivity index (χ1n) is 7.88. The van der Waals surface area contributed by atoms with Gasteiger partial charge < -0.3 is 9.30 Å². The van der Waals surface area contributed by atoms with Crippen LogP contribution in [0.3, 0.4) is 0 Å². The molecule has 130 valence electrons. The number of aromatic nitrogens is 4. The predicted molar refractivity (Wildman–Crippen MR) is 106 cm³/mol. The minimum Gasteiger partial charge on any atom is -0.496 e. The van der Waals surface area contributed by atoms with E-state index in [-0.39, 0.29) is 0 Å². The Kier molecular flexibility index (Phi) is 4.26. The van der Waals surface area contributed by atoms with Crippen LogP contribution in [-0.4, -0.2) is 33.1 Å². The molecule has 8 heteroatoms. The molecular formula is C18H15BrN6O. The molecule has 0 bridgehead atoms. The van der Waals surface area contributed by atoms with Gasteiger partial charge in [-0.2, -0.15) is 10.1 Å². The third-order valence-electron chi connectivity index (χ3n) is 4.06. The van der Waals surface area contributed by atoms with Crippen LogP contribution < -0.4 is 10.2 Å². The quantitative estimate of drug-likeness (QED) is 0.409. The van der Waals surface area contributed by atoms with Crippen molar-refractivity contribution in [2.24, 2.45) is 12.1 Å². The maximum atomic E-state index is 5.21. The first kappa shape index (κ1) is 16.5. The fraction of sp³-hybridized carbons (Fsp3) is 0.111. The van der Waals surface area contributed by atoms with Crippen molar-refractivity contribution < 1.29 is 4.74 Å². The highest BCUT2D eigenvalue weighted by Gasteiger charge is 2.11. The van der Waals surface area contributed by atoms with Crippen molar-refractivity contribution in [3.05, 3.63) is 52.5 Å². The van der Waals surface area contributed by atoms with Crippen LogP contribution in [0.25, 0.3) is 22.1 Å². The van der Waals surface area contributed by atoms with Crippen molar-refractivity contribution in [1.29, 1.82) is 0 Å². The van der Waals surface area contributed by atoms with Gasteiger partial charge in [-0.05, 0) is 45.8 Å². The van der Waals surface area contributed by atoms with Gasteiger partial charge in [-0.1, -0.05) is 18.2 Å². The number of nitrogens with one attached hydrogen (secondary N) is 1. The molecule has 0 saturated heterocycles. The summed E-state index contributed by atoms with van der Waals surface area (Å²) >= 11 is 3.45. The molecule has 2 aromatic carbocycles. The van der Waals surface area contributed by atoms with Gasteiger partial charge in [0.25, 0.3) is 5.95 Å². The Hall–Kier alpha value is -3.00. The predicted octanol–water partition coefficient (Wildman–Crippen LogP) is 3.73. The lowest BCUT2D eigenvalue weighted by atomic mass is 10.2. The zero-order chi connectivity index (χ0) is 18.1. The van der Waals surface area contributed by atoms with Crippen LogP contribution in [0, 0.1) is 0 Å². The Morgan fingerprint density at radius 1 is 1.19 bits per heavy atom. The molecule has 0 saturated carbocycles. The topological polar surface area (TPSA) is 77.2 Å². The van der Waals surface area contributed by atoms with E-state index in [1.54, 1.807) is 13.3 Å². The molecule has 0 spiro atoms. The Morgan fingerprint density at radius 2 is 2.04 bits per heavy atom. The normalized spacial score (nSPS) is 11.5. The zero-order valence-corrected chi connectivity index (χ0v) is 15.7. The molecule has 0 amide bonds. The average molecular weight is 411 g/mol. The average Bonchev–Trinajstić information content (AvgIpc) is 2.95. The number of para-hydroxylation sites is 1. The molecule has 2 heterocycles. The number of hydrazone groups is 1. The Morgan fingerprint density at radius 3 is 2.85 bits per heavy atom. The standard InChI is InChI=1S/C18H15BrN6O/c1-25-14-6-4-3-5-12(14)16-17(25)21-18(24-22-16)23-20-10-11-7-8-15(26-2)13(19)9-11/h3-10H,1-2H3,(H,21,23,24)/b20-10+. The molecule has 0 aliphatic rings. The molecule has 0 unspecified atom stereocenters. The summed E-state index contributed by atoms with van der Waals surface area (Å²) in [6, 6.07) is 13.7. The number of hydrogen-bond donors (Lipinski definition) is 1. The van der Waals surface area contributed by atoms with E-state index in [1.807, 2.05) is 54.1 Å². The number of methoxy groups -OCH3 is 1. The third-order valence-corrected chi connectivity index (χ3v) is 4.68. The van der Waals surface area contributed by atoms with Crippen molar-refractivity contribution >= 4 is 50.2 Å². The molecule has 0 aliphatic carbocycles. The Balaban J connectivity index is 1.60. The van der Waals surface area contributed by atoms with Crippen LogP contribution in [0.2, 0.25) is 0 Å². The van der Waals surface area contributed by atoms with Crippen LogP contribution in [0.15, 0.2) is 52.0 Å². The largest absolute Gasteiger partial charge is 0.496 e. The molecule has 0 radical (unpaired) electrons. The number of anilines is 1. The molecule has 4 rings (SSSR count). The second-order valence-corrected chi connectivity index (χ2v) is 6.50.